The fourth-order valence-electron chi connectivity index (χ4n) is 2.21. The number of ether oxygens (including phenoxy) is 1. The summed E-state index contributed by atoms with van der Waals surface area (Å²) in [6.07, 6.45) is 0.664. The first-order chi connectivity index (χ1) is 13.0. The van der Waals surface area contributed by atoms with Crippen molar-refractivity contribution in [3.8, 4) is 5.75 Å². The topological polar surface area (TPSA) is 123 Å². The number of benzene rings is 1. The summed E-state index contributed by atoms with van der Waals surface area (Å²) in [5.74, 6) is 0.754. The maximum atomic E-state index is 12.2. The lowest BCUT2D eigenvalue weighted by atomic mass is 10.2. The number of nitrogens with one attached hydrogen (secondary N) is 2. The predicted octanol–water partition coefficient (Wildman–Crippen LogP) is 3.10. The van der Waals surface area contributed by atoms with Crippen LogP contribution in [0.3, 0.4) is 0 Å². The number of carbonyl (C=O) groups excluding carboxylic acids is 1. The summed E-state index contributed by atoms with van der Waals surface area (Å²) in [6.45, 7) is 0. The third-order valence-corrected chi connectivity index (χ3v) is 5.16. The standard InChI is InChI=1S/C16H15N5O4S2/c1-25-13-7-10(21(23)24)4-5-12(13)17-15(22)9-27-16-18-14(19-20-16)8-11-3-2-6-26-11/h2-7H,8-9H2,1H3,(H,17,22)(H,18,19,20). The smallest absolute Gasteiger partial charge is 0.273 e. The Kier molecular flexibility index (Phi) is 6.04. The number of anilines is 1. The molecule has 0 fully saturated rings. The quantitative estimate of drug-likeness (QED) is 0.335. The van der Waals surface area contributed by atoms with Gasteiger partial charge in [-0.15, -0.1) is 16.4 Å². The minimum absolute atomic E-state index is 0.0937. The summed E-state index contributed by atoms with van der Waals surface area (Å²) >= 11 is 2.83. The molecule has 2 aromatic heterocycles. The van der Waals surface area contributed by atoms with E-state index in [9.17, 15) is 14.9 Å². The van der Waals surface area contributed by atoms with Crippen molar-refractivity contribution in [2.24, 2.45) is 0 Å². The van der Waals surface area contributed by atoms with E-state index in [0.29, 0.717) is 17.3 Å². The van der Waals surface area contributed by atoms with Gasteiger partial charge in [-0.1, -0.05) is 17.8 Å². The molecule has 0 unspecified atom stereocenters. The van der Waals surface area contributed by atoms with E-state index in [2.05, 4.69) is 20.5 Å². The molecule has 27 heavy (non-hydrogen) atoms. The number of aromatic amines is 1. The number of aromatic nitrogens is 3. The normalized spacial score (nSPS) is 10.6. The van der Waals surface area contributed by atoms with Crippen LogP contribution in [0, 0.1) is 10.1 Å². The summed E-state index contributed by atoms with van der Waals surface area (Å²) in [6, 6.07) is 7.99. The first kappa shape index (κ1) is 18.9. The fraction of sp³-hybridized carbons (Fsp3) is 0.188. The number of nitrogens with zero attached hydrogens (tertiary/aromatic N) is 3. The largest absolute Gasteiger partial charge is 0.494 e. The van der Waals surface area contributed by atoms with Crippen LogP contribution in [0.25, 0.3) is 0 Å². The molecule has 2 N–H and O–H groups in total. The van der Waals surface area contributed by atoms with E-state index in [1.807, 2.05) is 17.5 Å². The second kappa shape index (κ2) is 8.64. The van der Waals surface area contributed by atoms with Crippen molar-refractivity contribution in [1.29, 1.82) is 0 Å². The molecule has 0 spiro atoms. The summed E-state index contributed by atoms with van der Waals surface area (Å²) in [4.78, 5) is 28.0. The van der Waals surface area contributed by atoms with Gasteiger partial charge in [0, 0.05) is 17.4 Å². The third kappa shape index (κ3) is 5.05. The van der Waals surface area contributed by atoms with Crippen LogP contribution in [0.1, 0.15) is 10.7 Å². The van der Waals surface area contributed by atoms with Crippen molar-refractivity contribution in [1.82, 2.24) is 15.2 Å². The monoisotopic (exact) mass is 405 g/mol. The van der Waals surface area contributed by atoms with Crippen molar-refractivity contribution in [2.75, 3.05) is 18.2 Å². The summed E-state index contributed by atoms with van der Waals surface area (Å²) in [7, 11) is 1.38. The van der Waals surface area contributed by atoms with Crippen LogP contribution < -0.4 is 10.1 Å². The van der Waals surface area contributed by atoms with Gasteiger partial charge in [0.25, 0.3) is 5.69 Å². The van der Waals surface area contributed by atoms with Gasteiger partial charge in [0.05, 0.1) is 29.5 Å². The summed E-state index contributed by atoms with van der Waals surface area (Å²) < 4.78 is 5.10. The molecule has 9 nitrogen and oxygen atoms in total. The zero-order valence-corrected chi connectivity index (χ0v) is 15.8. The highest BCUT2D eigenvalue weighted by molar-refractivity contribution is 7.99. The molecule has 0 atom stereocenters. The molecule has 0 bridgehead atoms. The van der Waals surface area contributed by atoms with E-state index >= 15 is 0 Å². The minimum Gasteiger partial charge on any atom is -0.494 e. The van der Waals surface area contributed by atoms with Gasteiger partial charge in [-0.05, 0) is 17.5 Å². The Balaban J connectivity index is 1.55. The predicted molar refractivity (Wildman–Crippen MR) is 103 cm³/mol. The SMILES string of the molecule is COc1cc([N+](=O)[O-])ccc1NC(=O)CSc1n[nH]c(Cc2cccs2)n1. The number of thioether (sulfide) groups is 1. The number of non-ortho nitro benzene ring substituents is 1. The molecule has 3 aromatic rings. The Labute approximate surface area is 162 Å². The van der Waals surface area contributed by atoms with Gasteiger partial charge in [-0.2, -0.15) is 0 Å². The van der Waals surface area contributed by atoms with Crippen LogP contribution >= 0.6 is 23.1 Å². The molecule has 0 aliphatic heterocycles. The Hall–Kier alpha value is -2.92. The van der Waals surface area contributed by atoms with Crippen molar-refractivity contribution < 1.29 is 14.5 Å². The number of hydrogen-bond acceptors (Lipinski definition) is 8. The van der Waals surface area contributed by atoms with E-state index in [4.69, 9.17) is 4.74 Å². The van der Waals surface area contributed by atoms with Gasteiger partial charge in [-0.25, -0.2) is 4.98 Å². The average Bonchev–Trinajstić information content (AvgIpc) is 3.32. The molecule has 1 amide bonds. The second-order valence-electron chi connectivity index (χ2n) is 5.30. The molecule has 1 aromatic carbocycles. The van der Waals surface area contributed by atoms with Gasteiger partial charge in [0.15, 0.2) is 0 Å². The first-order valence-electron chi connectivity index (χ1n) is 7.74. The molecule has 0 radical (unpaired) electrons. The summed E-state index contributed by atoms with van der Waals surface area (Å²) in [5.41, 5.74) is 0.250. The van der Waals surface area contributed by atoms with Gasteiger partial charge in [0.2, 0.25) is 11.1 Å². The van der Waals surface area contributed by atoms with Gasteiger partial charge in [0.1, 0.15) is 11.6 Å². The number of hydrogen-bond donors (Lipinski definition) is 2. The molecule has 11 heteroatoms. The van der Waals surface area contributed by atoms with Gasteiger partial charge >= 0.3 is 0 Å². The van der Waals surface area contributed by atoms with E-state index in [-0.39, 0.29) is 23.1 Å². The van der Waals surface area contributed by atoms with Crippen LogP contribution in [-0.2, 0) is 11.2 Å². The van der Waals surface area contributed by atoms with E-state index in [0.717, 1.165) is 5.82 Å². The van der Waals surface area contributed by atoms with E-state index in [1.54, 1.807) is 11.3 Å². The zero-order valence-electron chi connectivity index (χ0n) is 14.2. The Morgan fingerprint density at radius 3 is 3.00 bits per heavy atom. The second-order valence-corrected chi connectivity index (χ2v) is 7.27. The van der Waals surface area contributed by atoms with E-state index < -0.39 is 4.92 Å². The van der Waals surface area contributed by atoms with Crippen molar-refractivity contribution >= 4 is 40.4 Å². The maximum absolute atomic E-state index is 12.2. The van der Waals surface area contributed by atoms with Gasteiger partial charge < -0.3 is 10.1 Å². The lowest BCUT2D eigenvalue weighted by Gasteiger charge is -2.09. The number of nitro benzene ring substituents is 1. The van der Waals surface area contributed by atoms with Crippen LogP contribution in [0.2, 0.25) is 0 Å². The lowest BCUT2D eigenvalue weighted by Crippen LogP contribution is -2.15. The maximum Gasteiger partial charge on any atom is 0.273 e. The Bertz CT molecular complexity index is 942. The molecular weight excluding hydrogens is 390 g/mol. The lowest BCUT2D eigenvalue weighted by molar-refractivity contribution is -0.384. The highest BCUT2D eigenvalue weighted by atomic mass is 32.2. The summed E-state index contributed by atoms with van der Waals surface area (Å²) in [5, 5.41) is 22.9. The Morgan fingerprint density at radius 2 is 2.30 bits per heavy atom. The van der Waals surface area contributed by atoms with Crippen molar-refractivity contribution in [2.45, 2.75) is 11.6 Å². The van der Waals surface area contributed by atoms with Crippen LogP contribution in [0.4, 0.5) is 11.4 Å². The number of methoxy groups -OCH3 is 1. The first-order valence-corrected chi connectivity index (χ1v) is 9.60. The van der Waals surface area contributed by atoms with Crippen molar-refractivity contribution in [3.05, 3.63) is 56.5 Å². The van der Waals surface area contributed by atoms with Crippen LogP contribution in [-0.4, -0.2) is 38.9 Å². The number of nitro groups is 1. The van der Waals surface area contributed by atoms with Crippen LogP contribution in [0.15, 0.2) is 40.9 Å². The number of carbonyl (C=O) groups is 1. The number of H-pyrrole nitrogens is 1. The molecule has 2 heterocycles. The van der Waals surface area contributed by atoms with Gasteiger partial charge in [-0.3, -0.25) is 20.0 Å². The molecule has 3 rings (SSSR count). The highest BCUT2D eigenvalue weighted by Gasteiger charge is 2.14. The molecular formula is C16H15N5O4S2. The average molecular weight is 405 g/mol. The molecule has 140 valence electrons. The zero-order chi connectivity index (χ0) is 19.2. The highest BCUT2D eigenvalue weighted by Crippen LogP contribution is 2.29. The number of thiophene rings is 1. The minimum atomic E-state index is -0.527. The van der Waals surface area contributed by atoms with E-state index in [1.165, 1.54) is 41.9 Å². The molecule has 0 aliphatic carbocycles. The number of amides is 1. The molecule has 0 saturated carbocycles. The molecule has 0 aliphatic rings. The van der Waals surface area contributed by atoms with Crippen LogP contribution in [0.5, 0.6) is 5.75 Å². The van der Waals surface area contributed by atoms with Crippen molar-refractivity contribution in [3.63, 3.8) is 0 Å². The molecule has 0 saturated heterocycles. The fourth-order valence-corrected chi connectivity index (χ4v) is 3.54. The number of rotatable bonds is 8. The third-order valence-electron chi connectivity index (χ3n) is 3.44. The Morgan fingerprint density at radius 1 is 1.44 bits per heavy atom.